The van der Waals surface area contributed by atoms with Crippen molar-refractivity contribution < 1.29 is 9.90 Å². The highest BCUT2D eigenvalue weighted by atomic mass is 35.5. The van der Waals surface area contributed by atoms with E-state index in [0.29, 0.717) is 28.7 Å². The highest BCUT2D eigenvalue weighted by Crippen LogP contribution is 2.25. The van der Waals surface area contributed by atoms with Gasteiger partial charge in [-0.3, -0.25) is 9.89 Å². The Morgan fingerprint density at radius 3 is 3.09 bits per heavy atom. The number of benzene rings is 1. The molecule has 3 rings (SSSR count). The quantitative estimate of drug-likeness (QED) is 0.804. The van der Waals surface area contributed by atoms with E-state index in [0.717, 1.165) is 31.2 Å². The van der Waals surface area contributed by atoms with Gasteiger partial charge in [-0.2, -0.15) is 5.10 Å². The molecule has 122 valence electrons. The molecule has 0 aliphatic heterocycles. The predicted molar refractivity (Wildman–Crippen MR) is 89.3 cm³/mol. The van der Waals surface area contributed by atoms with Gasteiger partial charge >= 0.3 is 0 Å². The summed E-state index contributed by atoms with van der Waals surface area (Å²) in [4.78, 5) is 12.4. The van der Waals surface area contributed by atoms with Crippen molar-refractivity contribution in [2.24, 2.45) is 5.92 Å². The fraction of sp³-hybridized carbons (Fsp3) is 0.412. The zero-order chi connectivity index (χ0) is 16.2. The van der Waals surface area contributed by atoms with Crippen LogP contribution in [0.4, 0.5) is 0 Å². The number of carbonyl (C=O) groups excluding carboxylic acids is 1. The van der Waals surface area contributed by atoms with Crippen LogP contribution in [-0.4, -0.2) is 33.9 Å². The SMILES string of the molecule is O=C(NC[C@@H]1CCC[C@@H](O)C1)c1cn[nH]c1-c1cccc(Cl)c1. The molecule has 1 heterocycles. The average Bonchev–Trinajstić information content (AvgIpc) is 3.02. The lowest BCUT2D eigenvalue weighted by Crippen LogP contribution is -2.33. The molecule has 1 aliphatic carbocycles. The van der Waals surface area contributed by atoms with Crippen LogP contribution in [0.2, 0.25) is 5.02 Å². The van der Waals surface area contributed by atoms with E-state index in [2.05, 4.69) is 15.5 Å². The third-order valence-corrected chi connectivity index (χ3v) is 4.54. The number of hydrogen-bond donors (Lipinski definition) is 3. The molecule has 0 spiro atoms. The molecule has 23 heavy (non-hydrogen) atoms. The Hall–Kier alpha value is -1.85. The Kier molecular flexibility index (Phi) is 4.98. The molecule has 3 N–H and O–H groups in total. The van der Waals surface area contributed by atoms with E-state index in [1.807, 2.05) is 12.1 Å². The number of aromatic nitrogens is 2. The zero-order valence-corrected chi connectivity index (χ0v) is 13.5. The first-order valence-electron chi connectivity index (χ1n) is 7.89. The second-order valence-electron chi connectivity index (χ2n) is 6.07. The molecule has 0 unspecified atom stereocenters. The van der Waals surface area contributed by atoms with Crippen molar-refractivity contribution in [3.63, 3.8) is 0 Å². The Morgan fingerprint density at radius 1 is 1.43 bits per heavy atom. The van der Waals surface area contributed by atoms with Crippen molar-refractivity contribution in [1.82, 2.24) is 15.5 Å². The molecule has 1 aliphatic rings. The number of carbonyl (C=O) groups is 1. The summed E-state index contributed by atoms with van der Waals surface area (Å²) in [6.45, 7) is 0.579. The third kappa shape index (κ3) is 3.92. The summed E-state index contributed by atoms with van der Waals surface area (Å²) in [7, 11) is 0. The molecule has 1 amide bonds. The van der Waals surface area contributed by atoms with Crippen LogP contribution >= 0.6 is 11.6 Å². The molecule has 2 aromatic rings. The first-order valence-corrected chi connectivity index (χ1v) is 8.27. The summed E-state index contributed by atoms with van der Waals surface area (Å²) in [5.74, 6) is 0.179. The standard InChI is InChI=1S/C17H20ClN3O2/c18-13-5-2-4-12(8-13)16-15(10-20-21-16)17(23)19-9-11-3-1-6-14(22)7-11/h2,4-5,8,10-11,14,22H,1,3,6-7,9H2,(H,19,23)(H,20,21)/t11-,14-/m1/s1. The van der Waals surface area contributed by atoms with E-state index in [4.69, 9.17) is 11.6 Å². The van der Waals surface area contributed by atoms with E-state index in [9.17, 15) is 9.90 Å². The van der Waals surface area contributed by atoms with Gasteiger partial charge in [-0.25, -0.2) is 0 Å². The smallest absolute Gasteiger partial charge is 0.255 e. The minimum atomic E-state index is -0.235. The van der Waals surface area contributed by atoms with Gasteiger partial charge in [0.1, 0.15) is 0 Å². The number of rotatable bonds is 4. The number of halogens is 1. The maximum atomic E-state index is 12.4. The van der Waals surface area contributed by atoms with Gasteiger partial charge in [0, 0.05) is 17.1 Å². The number of amides is 1. The number of aliphatic hydroxyl groups is 1. The summed E-state index contributed by atoms with van der Waals surface area (Å²) in [6.07, 6.45) is 4.98. The summed E-state index contributed by atoms with van der Waals surface area (Å²) < 4.78 is 0. The topological polar surface area (TPSA) is 78.0 Å². The van der Waals surface area contributed by atoms with Gasteiger partial charge in [0.2, 0.25) is 0 Å². The fourth-order valence-corrected chi connectivity index (χ4v) is 3.29. The van der Waals surface area contributed by atoms with Crippen LogP contribution in [0.1, 0.15) is 36.0 Å². The lowest BCUT2D eigenvalue weighted by molar-refractivity contribution is 0.0874. The van der Waals surface area contributed by atoms with E-state index in [1.165, 1.54) is 6.20 Å². The molecule has 1 saturated carbocycles. The number of aliphatic hydroxyl groups excluding tert-OH is 1. The molecule has 1 fully saturated rings. The van der Waals surface area contributed by atoms with Crippen LogP contribution in [0.15, 0.2) is 30.5 Å². The minimum Gasteiger partial charge on any atom is -0.393 e. The predicted octanol–water partition coefficient (Wildman–Crippen LogP) is 3.01. The summed E-state index contributed by atoms with van der Waals surface area (Å²) in [5, 5.41) is 20.1. The fourth-order valence-electron chi connectivity index (χ4n) is 3.10. The number of nitrogens with one attached hydrogen (secondary N) is 2. The van der Waals surface area contributed by atoms with Crippen LogP contribution in [0.5, 0.6) is 0 Å². The molecule has 2 atom stereocenters. The molecule has 1 aromatic heterocycles. The molecular formula is C17H20ClN3O2. The Morgan fingerprint density at radius 2 is 2.30 bits per heavy atom. The minimum absolute atomic E-state index is 0.159. The van der Waals surface area contributed by atoms with Gasteiger partial charge in [0.05, 0.1) is 23.6 Å². The normalized spacial score (nSPS) is 21.1. The van der Waals surface area contributed by atoms with Gasteiger partial charge in [-0.15, -0.1) is 0 Å². The van der Waals surface area contributed by atoms with Gasteiger partial charge in [0.15, 0.2) is 0 Å². The molecule has 0 saturated heterocycles. The maximum Gasteiger partial charge on any atom is 0.255 e. The highest BCUT2D eigenvalue weighted by molar-refractivity contribution is 6.30. The Balaban J connectivity index is 1.68. The molecule has 0 bridgehead atoms. The van der Waals surface area contributed by atoms with Crippen molar-refractivity contribution in [2.45, 2.75) is 31.8 Å². The number of aromatic amines is 1. The van der Waals surface area contributed by atoms with Crippen molar-refractivity contribution in [3.05, 3.63) is 41.0 Å². The molecular weight excluding hydrogens is 314 g/mol. The van der Waals surface area contributed by atoms with Gasteiger partial charge in [-0.1, -0.05) is 30.2 Å². The number of hydrogen-bond acceptors (Lipinski definition) is 3. The van der Waals surface area contributed by atoms with Crippen molar-refractivity contribution in [1.29, 1.82) is 0 Å². The van der Waals surface area contributed by atoms with Crippen molar-refractivity contribution >= 4 is 17.5 Å². The summed E-state index contributed by atoms with van der Waals surface area (Å²) in [6, 6.07) is 7.30. The maximum absolute atomic E-state index is 12.4. The second-order valence-corrected chi connectivity index (χ2v) is 6.50. The molecule has 5 nitrogen and oxygen atoms in total. The van der Waals surface area contributed by atoms with Crippen LogP contribution < -0.4 is 5.32 Å². The van der Waals surface area contributed by atoms with E-state index in [-0.39, 0.29) is 12.0 Å². The largest absolute Gasteiger partial charge is 0.393 e. The monoisotopic (exact) mass is 333 g/mol. The zero-order valence-electron chi connectivity index (χ0n) is 12.8. The van der Waals surface area contributed by atoms with Crippen LogP contribution in [0, 0.1) is 5.92 Å². The third-order valence-electron chi connectivity index (χ3n) is 4.30. The van der Waals surface area contributed by atoms with Crippen molar-refractivity contribution in [2.75, 3.05) is 6.54 Å². The molecule has 0 radical (unpaired) electrons. The Labute approximate surface area is 140 Å². The lowest BCUT2D eigenvalue weighted by atomic mass is 9.87. The van der Waals surface area contributed by atoms with E-state index >= 15 is 0 Å². The van der Waals surface area contributed by atoms with E-state index in [1.54, 1.807) is 12.1 Å². The van der Waals surface area contributed by atoms with Gasteiger partial charge < -0.3 is 10.4 Å². The number of H-pyrrole nitrogens is 1. The van der Waals surface area contributed by atoms with Crippen LogP contribution in [-0.2, 0) is 0 Å². The molecule has 1 aromatic carbocycles. The van der Waals surface area contributed by atoms with Crippen molar-refractivity contribution in [3.8, 4) is 11.3 Å². The highest BCUT2D eigenvalue weighted by Gasteiger charge is 2.22. The second kappa shape index (κ2) is 7.15. The van der Waals surface area contributed by atoms with E-state index < -0.39 is 0 Å². The van der Waals surface area contributed by atoms with Gasteiger partial charge in [-0.05, 0) is 37.3 Å². The van der Waals surface area contributed by atoms with Crippen LogP contribution in [0.3, 0.4) is 0 Å². The first-order chi connectivity index (χ1) is 11.1. The first kappa shape index (κ1) is 16.0. The number of nitrogens with zero attached hydrogens (tertiary/aromatic N) is 1. The Bertz CT molecular complexity index is 686. The van der Waals surface area contributed by atoms with Crippen LogP contribution in [0.25, 0.3) is 11.3 Å². The summed E-state index contributed by atoms with van der Waals surface area (Å²) in [5.41, 5.74) is 1.99. The summed E-state index contributed by atoms with van der Waals surface area (Å²) >= 11 is 6.01. The molecule has 6 heteroatoms. The lowest BCUT2D eigenvalue weighted by Gasteiger charge is -2.25. The average molecular weight is 334 g/mol. The van der Waals surface area contributed by atoms with Gasteiger partial charge in [0.25, 0.3) is 5.91 Å².